The van der Waals surface area contributed by atoms with Crippen LogP contribution < -0.4 is 0 Å². The van der Waals surface area contributed by atoms with Crippen LogP contribution >= 0.6 is 0 Å². The topological polar surface area (TPSA) is 42.7 Å². The second-order valence-corrected chi connectivity index (χ2v) is 7.50. The Labute approximate surface area is 170 Å². The van der Waals surface area contributed by atoms with Crippen LogP contribution in [0.4, 0.5) is 0 Å². The van der Waals surface area contributed by atoms with E-state index in [2.05, 4.69) is 69.9 Å². The quantitative estimate of drug-likeness (QED) is 0.529. The lowest BCUT2D eigenvalue weighted by molar-refractivity contribution is 0.0335. The predicted molar refractivity (Wildman–Crippen MR) is 115 cm³/mol. The van der Waals surface area contributed by atoms with E-state index < -0.39 is 0 Å². The van der Waals surface area contributed by atoms with Crippen molar-refractivity contribution >= 4 is 5.65 Å². The molecule has 1 fully saturated rings. The van der Waals surface area contributed by atoms with Crippen molar-refractivity contribution in [3.8, 4) is 22.4 Å². The molecule has 0 saturated carbocycles. The molecule has 0 spiro atoms. The van der Waals surface area contributed by atoms with Gasteiger partial charge in [-0.2, -0.15) is 0 Å². The zero-order chi connectivity index (χ0) is 19.6. The Morgan fingerprint density at radius 1 is 0.931 bits per heavy atom. The summed E-state index contributed by atoms with van der Waals surface area (Å²) in [4.78, 5) is 11.7. The molecule has 5 nitrogen and oxygen atoms in total. The van der Waals surface area contributed by atoms with Crippen LogP contribution in [0.2, 0.25) is 0 Å². The minimum Gasteiger partial charge on any atom is -0.379 e. The van der Waals surface area contributed by atoms with Gasteiger partial charge < -0.3 is 9.14 Å². The predicted octanol–water partition coefficient (Wildman–Crippen LogP) is 4.20. The third kappa shape index (κ3) is 3.55. The van der Waals surface area contributed by atoms with Gasteiger partial charge in [0.2, 0.25) is 0 Å². The van der Waals surface area contributed by atoms with E-state index in [1.54, 1.807) is 0 Å². The van der Waals surface area contributed by atoms with Gasteiger partial charge in [0.25, 0.3) is 0 Å². The highest BCUT2D eigenvalue weighted by atomic mass is 16.5. The van der Waals surface area contributed by atoms with Crippen molar-refractivity contribution in [2.45, 2.75) is 13.5 Å². The monoisotopic (exact) mass is 384 g/mol. The number of imidazole rings is 1. The zero-order valence-corrected chi connectivity index (χ0v) is 16.6. The number of aryl methyl sites for hydroxylation is 1. The largest absolute Gasteiger partial charge is 0.379 e. The van der Waals surface area contributed by atoms with E-state index in [0.29, 0.717) is 0 Å². The zero-order valence-electron chi connectivity index (χ0n) is 16.6. The second-order valence-electron chi connectivity index (χ2n) is 7.50. The summed E-state index contributed by atoms with van der Waals surface area (Å²) in [5.74, 6) is 0. The van der Waals surface area contributed by atoms with Gasteiger partial charge in [-0.15, -0.1) is 0 Å². The Hall–Kier alpha value is -3.02. The van der Waals surface area contributed by atoms with Gasteiger partial charge in [-0.25, -0.2) is 4.98 Å². The van der Waals surface area contributed by atoms with Crippen molar-refractivity contribution in [1.29, 1.82) is 0 Å². The first-order valence-corrected chi connectivity index (χ1v) is 10.1. The number of hydrogen-bond donors (Lipinski definition) is 0. The standard InChI is InChI=1S/C24H24N4O/c1-18-5-2-3-6-21(18)24-22(7-4-10-25-24)19-8-9-23-26-15-20(28(23)16-19)17-27-11-13-29-14-12-27/h2-10,15-16H,11-14,17H2,1H3. The van der Waals surface area contributed by atoms with Gasteiger partial charge in [-0.1, -0.05) is 30.3 Å². The molecule has 0 aliphatic carbocycles. The molecule has 0 unspecified atom stereocenters. The molecule has 0 bridgehead atoms. The summed E-state index contributed by atoms with van der Waals surface area (Å²) in [7, 11) is 0. The van der Waals surface area contributed by atoms with Gasteiger partial charge >= 0.3 is 0 Å². The minimum absolute atomic E-state index is 0.803. The summed E-state index contributed by atoms with van der Waals surface area (Å²) in [5, 5.41) is 0. The maximum Gasteiger partial charge on any atom is 0.136 e. The molecule has 1 aromatic carbocycles. The summed E-state index contributed by atoms with van der Waals surface area (Å²) >= 11 is 0. The molecule has 5 rings (SSSR count). The summed E-state index contributed by atoms with van der Waals surface area (Å²) in [6.07, 6.45) is 6.04. The molecule has 3 aromatic heterocycles. The normalized spacial score (nSPS) is 15.1. The van der Waals surface area contributed by atoms with E-state index in [9.17, 15) is 0 Å². The number of pyridine rings is 2. The van der Waals surface area contributed by atoms with Gasteiger partial charge in [0.1, 0.15) is 5.65 Å². The van der Waals surface area contributed by atoms with Gasteiger partial charge in [-0.05, 0) is 30.7 Å². The molecule has 29 heavy (non-hydrogen) atoms. The highest BCUT2D eigenvalue weighted by Gasteiger charge is 2.15. The number of aromatic nitrogens is 3. The molecule has 1 aliphatic heterocycles. The summed E-state index contributed by atoms with van der Waals surface area (Å²) in [6.45, 7) is 6.55. The number of ether oxygens (including phenoxy) is 1. The average molecular weight is 384 g/mol. The second kappa shape index (κ2) is 7.78. The van der Waals surface area contributed by atoms with Crippen LogP contribution in [-0.4, -0.2) is 45.6 Å². The van der Waals surface area contributed by atoms with Gasteiger partial charge in [0, 0.05) is 48.7 Å². The molecule has 0 amide bonds. The third-order valence-corrected chi connectivity index (χ3v) is 5.59. The Kier molecular flexibility index (Phi) is 4.84. The average Bonchev–Trinajstić information content (AvgIpc) is 3.17. The van der Waals surface area contributed by atoms with E-state index in [0.717, 1.165) is 55.3 Å². The summed E-state index contributed by atoms with van der Waals surface area (Å²) in [5.41, 5.74) is 7.86. The van der Waals surface area contributed by atoms with Crippen molar-refractivity contribution in [2.24, 2.45) is 0 Å². The molecule has 5 heteroatoms. The van der Waals surface area contributed by atoms with Crippen LogP contribution in [0, 0.1) is 6.92 Å². The van der Waals surface area contributed by atoms with Crippen molar-refractivity contribution in [3.05, 3.63) is 78.4 Å². The number of benzene rings is 1. The number of nitrogens with zero attached hydrogens (tertiary/aromatic N) is 4. The van der Waals surface area contributed by atoms with Crippen molar-refractivity contribution < 1.29 is 4.74 Å². The Morgan fingerprint density at radius 2 is 1.76 bits per heavy atom. The highest BCUT2D eigenvalue weighted by molar-refractivity contribution is 5.82. The number of hydrogen-bond acceptors (Lipinski definition) is 4. The fourth-order valence-electron chi connectivity index (χ4n) is 3.99. The number of fused-ring (bicyclic) bond motifs is 1. The lowest BCUT2D eigenvalue weighted by Crippen LogP contribution is -2.35. The van der Waals surface area contributed by atoms with E-state index >= 15 is 0 Å². The SMILES string of the molecule is Cc1ccccc1-c1ncccc1-c1ccc2ncc(CN3CCOCC3)n2c1. The highest BCUT2D eigenvalue weighted by Crippen LogP contribution is 2.32. The van der Waals surface area contributed by atoms with Gasteiger partial charge in [0.05, 0.1) is 30.8 Å². The Morgan fingerprint density at radius 3 is 2.62 bits per heavy atom. The van der Waals surface area contributed by atoms with Crippen molar-refractivity contribution in [1.82, 2.24) is 19.3 Å². The number of rotatable bonds is 4. The number of morpholine rings is 1. The van der Waals surface area contributed by atoms with Crippen LogP contribution in [0.15, 0.2) is 67.1 Å². The molecule has 0 atom stereocenters. The van der Waals surface area contributed by atoms with E-state index in [1.807, 2.05) is 18.5 Å². The third-order valence-electron chi connectivity index (χ3n) is 5.59. The van der Waals surface area contributed by atoms with E-state index in [1.165, 1.54) is 16.8 Å². The molecule has 0 N–H and O–H groups in total. The molecule has 1 aliphatic rings. The van der Waals surface area contributed by atoms with Crippen LogP contribution in [-0.2, 0) is 11.3 Å². The first kappa shape index (κ1) is 18.0. The molecule has 146 valence electrons. The Bertz CT molecular complexity index is 1140. The fourth-order valence-corrected chi connectivity index (χ4v) is 3.99. The first-order chi connectivity index (χ1) is 14.3. The Balaban J connectivity index is 1.56. The van der Waals surface area contributed by atoms with Gasteiger partial charge in [-0.3, -0.25) is 9.88 Å². The van der Waals surface area contributed by atoms with Crippen molar-refractivity contribution in [2.75, 3.05) is 26.3 Å². The van der Waals surface area contributed by atoms with Crippen LogP contribution in [0.25, 0.3) is 28.0 Å². The lowest BCUT2D eigenvalue weighted by atomic mass is 9.97. The minimum atomic E-state index is 0.803. The molecular weight excluding hydrogens is 360 g/mol. The molecule has 0 radical (unpaired) electrons. The lowest BCUT2D eigenvalue weighted by Gasteiger charge is -2.26. The van der Waals surface area contributed by atoms with E-state index in [4.69, 9.17) is 9.72 Å². The van der Waals surface area contributed by atoms with Crippen LogP contribution in [0.5, 0.6) is 0 Å². The molecule has 1 saturated heterocycles. The maximum absolute atomic E-state index is 5.48. The van der Waals surface area contributed by atoms with Gasteiger partial charge in [0.15, 0.2) is 0 Å². The summed E-state index contributed by atoms with van der Waals surface area (Å²) < 4.78 is 7.68. The molecular formula is C24H24N4O. The van der Waals surface area contributed by atoms with Crippen molar-refractivity contribution in [3.63, 3.8) is 0 Å². The van der Waals surface area contributed by atoms with Crippen LogP contribution in [0.1, 0.15) is 11.3 Å². The summed E-state index contributed by atoms with van der Waals surface area (Å²) in [6, 6.07) is 16.8. The fraction of sp³-hybridized carbons (Fsp3) is 0.250. The van der Waals surface area contributed by atoms with E-state index in [-0.39, 0.29) is 0 Å². The smallest absolute Gasteiger partial charge is 0.136 e. The molecule has 4 heterocycles. The maximum atomic E-state index is 5.48. The first-order valence-electron chi connectivity index (χ1n) is 10.1. The molecule has 4 aromatic rings. The van der Waals surface area contributed by atoms with Crippen LogP contribution in [0.3, 0.4) is 0 Å².